The largest absolute Gasteiger partial charge is 0.352 e. The predicted octanol–water partition coefficient (Wildman–Crippen LogP) is 5.95. The van der Waals surface area contributed by atoms with Crippen LogP contribution < -0.4 is 5.32 Å². The highest BCUT2D eigenvalue weighted by Crippen LogP contribution is 2.28. The summed E-state index contributed by atoms with van der Waals surface area (Å²) in [5.74, 6) is -0.0418. The quantitative estimate of drug-likeness (QED) is 0.559. The molecule has 0 saturated carbocycles. The molecule has 0 aliphatic heterocycles. The Hall–Kier alpha value is -2.29. The molecular weight excluding hydrogens is 365 g/mol. The SMILES string of the molecule is O=C(NCCC(c1ccccc1)c1ccccc1)c1c(Cl)cccc1Cl. The smallest absolute Gasteiger partial charge is 0.254 e. The molecule has 0 heterocycles. The van der Waals surface area contributed by atoms with Crippen molar-refractivity contribution in [3.05, 3.63) is 106 Å². The van der Waals surface area contributed by atoms with Gasteiger partial charge in [0.2, 0.25) is 0 Å². The van der Waals surface area contributed by atoms with Gasteiger partial charge in [-0.25, -0.2) is 0 Å². The molecule has 3 aromatic rings. The van der Waals surface area contributed by atoms with E-state index in [0.29, 0.717) is 22.2 Å². The summed E-state index contributed by atoms with van der Waals surface area (Å²) in [6.07, 6.45) is 0.780. The first-order valence-corrected chi connectivity index (χ1v) is 9.24. The van der Waals surface area contributed by atoms with Crippen LogP contribution in [-0.2, 0) is 0 Å². The molecule has 1 amide bonds. The van der Waals surface area contributed by atoms with E-state index in [4.69, 9.17) is 23.2 Å². The maximum absolute atomic E-state index is 12.5. The fourth-order valence-electron chi connectivity index (χ4n) is 3.03. The lowest BCUT2D eigenvalue weighted by molar-refractivity contribution is 0.0953. The van der Waals surface area contributed by atoms with Crippen molar-refractivity contribution in [2.45, 2.75) is 12.3 Å². The Kier molecular flexibility index (Phi) is 6.32. The van der Waals surface area contributed by atoms with Gasteiger partial charge >= 0.3 is 0 Å². The lowest BCUT2D eigenvalue weighted by Crippen LogP contribution is -2.26. The first kappa shape index (κ1) is 18.5. The Balaban J connectivity index is 1.72. The maximum atomic E-state index is 12.5. The van der Waals surface area contributed by atoms with Crippen LogP contribution >= 0.6 is 23.2 Å². The highest BCUT2D eigenvalue weighted by atomic mass is 35.5. The van der Waals surface area contributed by atoms with Crippen LogP contribution in [0.3, 0.4) is 0 Å². The Bertz CT molecular complexity index is 806. The van der Waals surface area contributed by atoms with Gasteiger partial charge in [-0.3, -0.25) is 4.79 Å². The van der Waals surface area contributed by atoms with E-state index in [9.17, 15) is 4.79 Å². The number of benzene rings is 3. The molecule has 3 rings (SSSR count). The van der Waals surface area contributed by atoms with Crippen molar-refractivity contribution in [1.82, 2.24) is 5.32 Å². The lowest BCUT2D eigenvalue weighted by atomic mass is 9.88. The van der Waals surface area contributed by atoms with Gasteiger partial charge in [0.1, 0.15) is 0 Å². The van der Waals surface area contributed by atoms with Crippen LogP contribution in [0, 0.1) is 0 Å². The predicted molar refractivity (Wildman–Crippen MR) is 108 cm³/mol. The molecular formula is C22H19Cl2NO. The number of amides is 1. The van der Waals surface area contributed by atoms with Crippen LogP contribution in [0.25, 0.3) is 0 Å². The van der Waals surface area contributed by atoms with Crippen molar-refractivity contribution < 1.29 is 4.79 Å². The Morgan fingerprint density at radius 1 is 0.769 bits per heavy atom. The number of hydrogen-bond acceptors (Lipinski definition) is 1. The van der Waals surface area contributed by atoms with Crippen molar-refractivity contribution in [2.24, 2.45) is 0 Å². The van der Waals surface area contributed by atoms with E-state index in [1.54, 1.807) is 18.2 Å². The van der Waals surface area contributed by atoms with Gasteiger partial charge in [0, 0.05) is 12.5 Å². The van der Waals surface area contributed by atoms with Gasteiger partial charge in [-0.05, 0) is 29.7 Å². The minimum Gasteiger partial charge on any atom is -0.352 e. The van der Waals surface area contributed by atoms with Gasteiger partial charge in [-0.2, -0.15) is 0 Å². The average molecular weight is 384 g/mol. The summed E-state index contributed by atoms with van der Waals surface area (Å²) in [5.41, 5.74) is 2.78. The standard InChI is InChI=1S/C22H19Cl2NO/c23-19-12-7-13-20(24)21(19)22(26)25-15-14-18(16-8-3-1-4-9-16)17-10-5-2-6-11-17/h1-13,18H,14-15H2,(H,25,26). The number of carbonyl (C=O) groups is 1. The minimum atomic E-state index is -0.250. The summed E-state index contributed by atoms with van der Waals surface area (Å²) >= 11 is 12.2. The highest BCUT2D eigenvalue weighted by Gasteiger charge is 2.17. The third kappa shape index (κ3) is 4.46. The van der Waals surface area contributed by atoms with Crippen molar-refractivity contribution in [3.63, 3.8) is 0 Å². The van der Waals surface area contributed by atoms with Crippen molar-refractivity contribution >= 4 is 29.1 Å². The van der Waals surface area contributed by atoms with E-state index >= 15 is 0 Å². The average Bonchev–Trinajstić information content (AvgIpc) is 2.66. The molecule has 4 heteroatoms. The molecule has 0 aliphatic rings. The topological polar surface area (TPSA) is 29.1 Å². The van der Waals surface area contributed by atoms with E-state index in [1.165, 1.54) is 11.1 Å². The van der Waals surface area contributed by atoms with Gasteiger partial charge in [-0.1, -0.05) is 89.9 Å². The molecule has 0 atom stereocenters. The third-order valence-electron chi connectivity index (χ3n) is 4.31. The van der Waals surface area contributed by atoms with Crippen molar-refractivity contribution in [1.29, 1.82) is 0 Å². The van der Waals surface area contributed by atoms with E-state index in [-0.39, 0.29) is 11.8 Å². The van der Waals surface area contributed by atoms with Gasteiger partial charge in [0.25, 0.3) is 5.91 Å². The number of rotatable bonds is 6. The molecule has 0 radical (unpaired) electrons. The third-order valence-corrected chi connectivity index (χ3v) is 4.94. The van der Waals surface area contributed by atoms with Gasteiger partial charge in [0.15, 0.2) is 0 Å². The summed E-state index contributed by atoms with van der Waals surface area (Å²) in [4.78, 5) is 12.5. The zero-order chi connectivity index (χ0) is 18.4. The van der Waals surface area contributed by atoms with Gasteiger partial charge < -0.3 is 5.32 Å². The molecule has 0 aromatic heterocycles. The number of halogens is 2. The Labute approximate surface area is 163 Å². The summed E-state index contributed by atoms with van der Waals surface area (Å²) in [6.45, 7) is 0.523. The number of hydrogen-bond donors (Lipinski definition) is 1. The van der Waals surface area contributed by atoms with Crippen LogP contribution in [0.2, 0.25) is 10.0 Å². The maximum Gasteiger partial charge on any atom is 0.254 e. The zero-order valence-corrected chi connectivity index (χ0v) is 15.7. The second-order valence-electron chi connectivity index (χ2n) is 6.02. The summed E-state index contributed by atoms with van der Waals surface area (Å²) in [5, 5.41) is 3.66. The molecule has 0 spiro atoms. The first-order chi connectivity index (χ1) is 12.7. The Morgan fingerprint density at radius 2 is 1.27 bits per heavy atom. The molecule has 0 fully saturated rings. The van der Waals surface area contributed by atoms with E-state index in [1.807, 2.05) is 36.4 Å². The molecule has 1 N–H and O–H groups in total. The summed E-state index contributed by atoms with van der Waals surface area (Å²) in [6, 6.07) is 25.7. The van der Waals surface area contributed by atoms with Crippen LogP contribution in [0.1, 0.15) is 33.8 Å². The van der Waals surface area contributed by atoms with E-state index in [2.05, 4.69) is 29.6 Å². The normalized spacial score (nSPS) is 10.7. The molecule has 132 valence electrons. The fraction of sp³-hybridized carbons (Fsp3) is 0.136. The van der Waals surface area contributed by atoms with Gasteiger partial charge in [-0.15, -0.1) is 0 Å². The van der Waals surface area contributed by atoms with E-state index < -0.39 is 0 Å². The second kappa shape index (κ2) is 8.88. The number of nitrogens with one attached hydrogen (secondary N) is 1. The van der Waals surface area contributed by atoms with Crippen LogP contribution in [0.15, 0.2) is 78.9 Å². The highest BCUT2D eigenvalue weighted by molar-refractivity contribution is 6.39. The van der Waals surface area contributed by atoms with Crippen LogP contribution in [0.5, 0.6) is 0 Å². The second-order valence-corrected chi connectivity index (χ2v) is 6.83. The molecule has 0 unspecified atom stereocenters. The Morgan fingerprint density at radius 3 is 1.77 bits per heavy atom. The van der Waals surface area contributed by atoms with E-state index in [0.717, 1.165) is 6.42 Å². The number of carbonyl (C=O) groups excluding carboxylic acids is 1. The molecule has 0 bridgehead atoms. The lowest BCUT2D eigenvalue weighted by Gasteiger charge is -2.18. The summed E-state index contributed by atoms with van der Waals surface area (Å²) in [7, 11) is 0. The first-order valence-electron chi connectivity index (χ1n) is 8.49. The van der Waals surface area contributed by atoms with Crippen LogP contribution in [-0.4, -0.2) is 12.5 Å². The fourth-order valence-corrected chi connectivity index (χ4v) is 3.60. The van der Waals surface area contributed by atoms with Gasteiger partial charge in [0.05, 0.1) is 15.6 Å². The van der Waals surface area contributed by atoms with Crippen molar-refractivity contribution in [3.8, 4) is 0 Å². The van der Waals surface area contributed by atoms with Crippen LogP contribution in [0.4, 0.5) is 0 Å². The molecule has 3 aromatic carbocycles. The molecule has 0 saturated heterocycles. The minimum absolute atomic E-state index is 0.208. The molecule has 26 heavy (non-hydrogen) atoms. The van der Waals surface area contributed by atoms with Crippen molar-refractivity contribution in [2.75, 3.05) is 6.54 Å². The molecule has 2 nitrogen and oxygen atoms in total. The summed E-state index contributed by atoms with van der Waals surface area (Å²) < 4.78 is 0. The monoisotopic (exact) mass is 383 g/mol. The molecule has 0 aliphatic carbocycles. The zero-order valence-electron chi connectivity index (χ0n) is 14.2.